The van der Waals surface area contributed by atoms with E-state index >= 15 is 0 Å². The van der Waals surface area contributed by atoms with Gasteiger partial charge in [0.25, 0.3) is 5.91 Å². The maximum absolute atomic E-state index is 12.6. The van der Waals surface area contributed by atoms with Gasteiger partial charge in [-0.25, -0.2) is 9.97 Å². The maximum Gasteiger partial charge on any atom is 0.251 e. The van der Waals surface area contributed by atoms with Gasteiger partial charge in [-0.05, 0) is 36.8 Å². The molecular weight excluding hydrogens is 442 g/mol. The molecule has 0 unspecified atom stereocenters. The zero-order valence-corrected chi connectivity index (χ0v) is 19.6. The van der Waals surface area contributed by atoms with Crippen LogP contribution in [0.5, 0.6) is 0 Å². The number of nitrogens with one attached hydrogen (secondary N) is 2. The zero-order chi connectivity index (χ0) is 24.2. The average molecular weight is 470 g/mol. The SMILES string of the molecule is CN1C(=O)Cc2cnc(Nc3ccc(C(=O)NCCCN4C=NCC4)cc3)nc2-c2ccccc21. The molecule has 2 amide bonds. The molecule has 3 heterocycles. The lowest BCUT2D eigenvalue weighted by Crippen LogP contribution is -2.28. The molecule has 0 fully saturated rings. The number of hydrogen-bond acceptors (Lipinski definition) is 7. The topological polar surface area (TPSA) is 103 Å². The fourth-order valence-electron chi connectivity index (χ4n) is 4.22. The van der Waals surface area contributed by atoms with Crippen LogP contribution < -0.4 is 15.5 Å². The van der Waals surface area contributed by atoms with Gasteiger partial charge in [0, 0.05) is 55.3 Å². The molecule has 0 aliphatic carbocycles. The van der Waals surface area contributed by atoms with Crippen LogP contribution in [0, 0.1) is 0 Å². The molecular formula is C26H27N7O2. The van der Waals surface area contributed by atoms with E-state index in [-0.39, 0.29) is 18.2 Å². The fourth-order valence-corrected chi connectivity index (χ4v) is 4.22. The van der Waals surface area contributed by atoms with Crippen molar-refractivity contribution in [2.75, 3.05) is 43.4 Å². The second-order valence-electron chi connectivity index (χ2n) is 8.58. The van der Waals surface area contributed by atoms with Gasteiger partial charge in [0.15, 0.2) is 0 Å². The van der Waals surface area contributed by atoms with Gasteiger partial charge in [-0.2, -0.15) is 0 Å². The minimum absolute atomic E-state index is 0.000680. The second kappa shape index (κ2) is 9.92. The number of carbonyl (C=O) groups is 2. The lowest BCUT2D eigenvalue weighted by atomic mass is 10.1. The number of aliphatic imine (C=N–C) groups is 1. The number of para-hydroxylation sites is 1. The van der Waals surface area contributed by atoms with Crippen molar-refractivity contribution in [3.8, 4) is 11.3 Å². The quantitative estimate of drug-likeness (QED) is 0.516. The van der Waals surface area contributed by atoms with Crippen LogP contribution >= 0.6 is 0 Å². The first-order valence-electron chi connectivity index (χ1n) is 11.7. The molecule has 2 aliphatic heterocycles. The van der Waals surface area contributed by atoms with Crippen LogP contribution in [-0.4, -0.2) is 66.2 Å². The van der Waals surface area contributed by atoms with E-state index in [4.69, 9.17) is 4.98 Å². The van der Waals surface area contributed by atoms with Crippen molar-refractivity contribution >= 4 is 35.5 Å². The van der Waals surface area contributed by atoms with E-state index in [9.17, 15) is 9.59 Å². The molecule has 3 aromatic rings. The summed E-state index contributed by atoms with van der Waals surface area (Å²) in [6, 6.07) is 14.9. The smallest absolute Gasteiger partial charge is 0.251 e. The van der Waals surface area contributed by atoms with E-state index < -0.39 is 0 Å². The number of fused-ring (bicyclic) bond motifs is 3. The molecule has 9 heteroatoms. The van der Waals surface area contributed by atoms with E-state index in [1.54, 1.807) is 30.3 Å². The first-order chi connectivity index (χ1) is 17.1. The van der Waals surface area contributed by atoms with E-state index in [0.29, 0.717) is 18.1 Å². The number of benzene rings is 2. The standard InChI is InChI=1S/C26H27N7O2/c1-32-22-6-3-2-5-21(22)24-19(15-23(32)34)16-29-26(31-24)30-20-9-7-18(8-10-20)25(35)28-11-4-13-33-14-12-27-17-33/h2-3,5-10,16-17H,4,11-15H2,1H3,(H,28,35)(H,29,30,31). The molecule has 178 valence electrons. The molecule has 0 saturated carbocycles. The molecule has 9 nitrogen and oxygen atoms in total. The third kappa shape index (κ3) is 4.98. The summed E-state index contributed by atoms with van der Waals surface area (Å²) in [5.41, 5.74) is 4.62. The first kappa shape index (κ1) is 22.5. The summed E-state index contributed by atoms with van der Waals surface area (Å²) in [5, 5.41) is 6.17. The van der Waals surface area contributed by atoms with Gasteiger partial charge in [-0.15, -0.1) is 0 Å². The van der Waals surface area contributed by atoms with Crippen molar-refractivity contribution in [3.05, 3.63) is 65.9 Å². The maximum atomic E-state index is 12.6. The van der Waals surface area contributed by atoms with Gasteiger partial charge >= 0.3 is 0 Å². The van der Waals surface area contributed by atoms with Crippen molar-refractivity contribution in [2.24, 2.45) is 4.99 Å². The van der Waals surface area contributed by atoms with Crippen molar-refractivity contribution in [2.45, 2.75) is 12.8 Å². The predicted molar refractivity (Wildman–Crippen MR) is 136 cm³/mol. The van der Waals surface area contributed by atoms with Crippen LogP contribution in [-0.2, 0) is 11.2 Å². The minimum Gasteiger partial charge on any atom is -0.361 e. The summed E-state index contributed by atoms with van der Waals surface area (Å²) in [7, 11) is 1.78. The molecule has 1 aromatic heterocycles. The third-order valence-electron chi connectivity index (χ3n) is 6.17. The van der Waals surface area contributed by atoms with E-state index in [0.717, 1.165) is 54.3 Å². The third-order valence-corrected chi connectivity index (χ3v) is 6.17. The molecule has 35 heavy (non-hydrogen) atoms. The fraction of sp³-hybridized carbons (Fsp3) is 0.269. The Morgan fingerprint density at radius 1 is 1.11 bits per heavy atom. The van der Waals surface area contributed by atoms with Gasteiger partial charge in [0.2, 0.25) is 11.9 Å². The number of carbonyl (C=O) groups excluding carboxylic acids is 2. The number of nitrogens with zero attached hydrogens (tertiary/aromatic N) is 5. The van der Waals surface area contributed by atoms with Gasteiger partial charge in [0.05, 0.1) is 30.7 Å². The Bertz CT molecular complexity index is 1270. The lowest BCUT2D eigenvalue weighted by Gasteiger charge is -2.16. The first-order valence-corrected chi connectivity index (χ1v) is 11.7. The van der Waals surface area contributed by atoms with Crippen molar-refractivity contribution in [1.29, 1.82) is 0 Å². The number of hydrogen-bond donors (Lipinski definition) is 2. The van der Waals surface area contributed by atoms with E-state index in [1.807, 2.05) is 42.7 Å². The number of likely N-dealkylation sites (N-methyl/N-ethyl adjacent to an activating group) is 1. The highest BCUT2D eigenvalue weighted by molar-refractivity contribution is 6.01. The summed E-state index contributed by atoms with van der Waals surface area (Å²) >= 11 is 0. The summed E-state index contributed by atoms with van der Waals surface area (Å²) in [6.07, 6.45) is 4.69. The highest BCUT2D eigenvalue weighted by atomic mass is 16.2. The monoisotopic (exact) mass is 469 g/mol. The molecule has 0 bridgehead atoms. The second-order valence-corrected chi connectivity index (χ2v) is 8.58. The molecule has 2 N–H and O–H groups in total. The number of amides is 2. The van der Waals surface area contributed by atoms with Gasteiger partial charge in [0.1, 0.15) is 0 Å². The largest absolute Gasteiger partial charge is 0.361 e. The van der Waals surface area contributed by atoms with Crippen LogP contribution in [0.15, 0.2) is 59.7 Å². The molecule has 0 atom stereocenters. The molecule has 0 radical (unpaired) electrons. The molecule has 2 aromatic carbocycles. The summed E-state index contributed by atoms with van der Waals surface area (Å²) in [6.45, 7) is 3.32. The summed E-state index contributed by atoms with van der Waals surface area (Å²) in [5.74, 6) is 0.329. The minimum atomic E-state index is -0.0988. The zero-order valence-electron chi connectivity index (χ0n) is 19.6. The lowest BCUT2D eigenvalue weighted by molar-refractivity contribution is -0.117. The van der Waals surface area contributed by atoms with E-state index in [2.05, 4.69) is 25.5 Å². The number of aromatic nitrogens is 2. The van der Waals surface area contributed by atoms with Gasteiger partial charge in [-0.1, -0.05) is 18.2 Å². The predicted octanol–water partition coefficient (Wildman–Crippen LogP) is 2.87. The Labute approximate surface area is 203 Å². The van der Waals surface area contributed by atoms with Crippen LogP contribution in [0.4, 0.5) is 17.3 Å². The average Bonchev–Trinajstić information content (AvgIpc) is 3.38. The Kier molecular flexibility index (Phi) is 6.38. The summed E-state index contributed by atoms with van der Waals surface area (Å²) < 4.78 is 0. The van der Waals surface area contributed by atoms with E-state index in [1.165, 1.54) is 0 Å². The highest BCUT2D eigenvalue weighted by Crippen LogP contribution is 2.35. The van der Waals surface area contributed by atoms with Gasteiger partial charge < -0.3 is 20.4 Å². The van der Waals surface area contributed by atoms with Crippen molar-refractivity contribution in [3.63, 3.8) is 0 Å². The Hall–Kier alpha value is -4.27. The Morgan fingerprint density at radius 2 is 1.94 bits per heavy atom. The summed E-state index contributed by atoms with van der Waals surface area (Å²) in [4.78, 5) is 42.2. The molecule has 0 spiro atoms. The molecule has 0 saturated heterocycles. The number of rotatable bonds is 7. The highest BCUT2D eigenvalue weighted by Gasteiger charge is 2.24. The Balaban J connectivity index is 1.24. The van der Waals surface area contributed by atoms with Crippen molar-refractivity contribution < 1.29 is 9.59 Å². The van der Waals surface area contributed by atoms with Crippen LogP contribution in [0.1, 0.15) is 22.3 Å². The normalized spacial score (nSPS) is 14.4. The van der Waals surface area contributed by atoms with Crippen LogP contribution in [0.2, 0.25) is 0 Å². The number of anilines is 3. The van der Waals surface area contributed by atoms with Crippen LogP contribution in [0.3, 0.4) is 0 Å². The van der Waals surface area contributed by atoms with Gasteiger partial charge in [-0.3, -0.25) is 14.6 Å². The Morgan fingerprint density at radius 3 is 2.74 bits per heavy atom. The molecule has 5 rings (SSSR count). The van der Waals surface area contributed by atoms with Crippen LogP contribution in [0.25, 0.3) is 11.3 Å². The van der Waals surface area contributed by atoms with Crippen molar-refractivity contribution in [1.82, 2.24) is 20.2 Å². The molecule has 2 aliphatic rings.